The van der Waals surface area contributed by atoms with Gasteiger partial charge in [-0.1, -0.05) is 18.2 Å². The fraction of sp³-hybridized carbons (Fsp3) is 0.684. The third-order valence-electron chi connectivity index (χ3n) is 5.92. The first-order chi connectivity index (χ1) is 11.9. The zero-order valence-electron chi connectivity index (χ0n) is 15.3. The van der Waals surface area contributed by atoms with E-state index < -0.39 is 10.0 Å². The molecule has 1 saturated carbocycles. The van der Waals surface area contributed by atoms with Gasteiger partial charge in [-0.15, -0.1) is 0 Å². The van der Waals surface area contributed by atoms with Crippen molar-refractivity contribution in [3.8, 4) is 0 Å². The molecule has 25 heavy (non-hydrogen) atoms. The van der Waals surface area contributed by atoms with Gasteiger partial charge < -0.3 is 4.90 Å². The Bertz CT molecular complexity index is 715. The van der Waals surface area contributed by atoms with Gasteiger partial charge in [0.2, 0.25) is 10.0 Å². The average molecular weight is 364 g/mol. The Kier molecular flexibility index (Phi) is 4.43. The van der Waals surface area contributed by atoms with Crippen molar-refractivity contribution < 1.29 is 8.42 Å². The van der Waals surface area contributed by atoms with Gasteiger partial charge in [0.15, 0.2) is 0 Å². The number of benzene rings is 1. The molecular weight excluding hydrogens is 334 g/mol. The molecule has 0 bridgehead atoms. The monoisotopic (exact) mass is 363 g/mol. The number of piperazine rings is 2. The van der Waals surface area contributed by atoms with Crippen LogP contribution in [0.1, 0.15) is 26.7 Å². The van der Waals surface area contributed by atoms with Gasteiger partial charge in [-0.2, -0.15) is 4.31 Å². The molecule has 0 N–H and O–H groups in total. The van der Waals surface area contributed by atoms with Crippen LogP contribution in [0.15, 0.2) is 35.2 Å². The lowest BCUT2D eigenvalue weighted by Crippen LogP contribution is -2.70. The van der Waals surface area contributed by atoms with Crippen molar-refractivity contribution >= 4 is 10.0 Å². The average Bonchev–Trinajstić information content (AvgIpc) is 3.38. The molecule has 1 atom stereocenters. The summed E-state index contributed by atoms with van der Waals surface area (Å²) in [6.07, 6.45) is 2.73. The smallest absolute Gasteiger partial charge is 0.243 e. The van der Waals surface area contributed by atoms with Crippen molar-refractivity contribution in [2.75, 3.05) is 39.3 Å². The third kappa shape index (κ3) is 3.50. The predicted octanol–water partition coefficient (Wildman–Crippen LogP) is 1.87. The van der Waals surface area contributed by atoms with Crippen molar-refractivity contribution in [2.45, 2.75) is 43.2 Å². The highest BCUT2D eigenvalue weighted by molar-refractivity contribution is 7.89. The first-order valence-electron chi connectivity index (χ1n) is 9.40. The lowest BCUT2D eigenvalue weighted by molar-refractivity contribution is -0.0439. The first kappa shape index (κ1) is 17.5. The molecule has 1 aromatic rings. The molecular formula is C19H29N3O2S. The molecule has 0 unspecified atom stereocenters. The normalized spacial score (nSPS) is 28.6. The lowest BCUT2D eigenvalue weighted by atomic mass is 9.94. The number of hydrogen-bond donors (Lipinski definition) is 0. The fourth-order valence-corrected chi connectivity index (χ4v) is 6.10. The minimum Gasteiger partial charge on any atom is -0.300 e. The maximum absolute atomic E-state index is 13.1. The summed E-state index contributed by atoms with van der Waals surface area (Å²) in [7, 11) is -3.42. The molecule has 3 aliphatic rings. The van der Waals surface area contributed by atoms with Gasteiger partial charge in [0.1, 0.15) is 0 Å². The van der Waals surface area contributed by atoms with Crippen molar-refractivity contribution in [2.24, 2.45) is 5.92 Å². The van der Waals surface area contributed by atoms with E-state index >= 15 is 0 Å². The maximum Gasteiger partial charge on any atom is 0.243 e. The van der Waals surface area contributed by atoms with Crippen LogP contribution in [0.5, 0.6) is 0 Å². The standard InChI is InChI=1S/C19H29N3O2S/c1-19(2)15-21(25(23,24)18-6-4-3-5-7-18)14-17-13-20(10-11-22(17)19)12-16-8-9-16/h3-7,16-17H,8-15H2,1-2H3/t17-/m0/s1. The molecule has 0 spiro atoms. The van der Waals surface area contributed by atoms with Crippen LogP contribution in [0.4, 0.5) is 0 Å². The summed E-state index contributed by atoms with van der Waals surface area (Å²) >= 11 is 0. The quantitative estimate of drug-likeness (QED) is 0.819. The molecule has 2 saturated heterocycles. The zero-order valence-corrected chi connectivity index (χ0v) is 16.1. The Labute approximate surface area is 151 Å². The molecule has 4 rings (SSSR count). The van der Waals surface area contributed by atoms with Crippen LogP contribution in [-0.2, 0) is 10.0 Å². The Morgan fingerprint density at radius 2 is 1.80 bits per heavy atom. The summed E-state index contributed by atoms with van der Waals surface area (Å²) in [5.41, 5.74) is -0.129. The molecule has 1 aromatic carbocycles. The van der Waals surface area contributed by atoms with Gasteiger partial charge in [0, 0.05) is 50.8 Å². The van der Waals surface area contributed by atoms with E-state index in [1.54, 1.807) is 28.6 Å². The number of fused-ring (bicyclic) bond motifs is 1. The van der Waals surface area contributed by atoms with Crippen molar-refractivity contribution in [1.29, 1.82) is 0 Å². The summed E-state index contributed by atoms with van der Waals surface area (Å²) in [6.45, 7) is 9.86. The summed E-state index contributed by atoms with van der Waals surface area (Å²) in [4.78, 5) is 5.49. The van der Waals surface area contributed by atoms with E-state index in [0.717, 1.165) is 25.6 Å². The topological polar surface area (TPSA) is 43.9 Å². The first-order valence-corrected chi connectivity index (χ1v) is 10.8. The number of nitrogens with zero attached hydrogens (tertiary/aromatic N) is 3. The highest BCUT2D eigenvalue weighted by atomic mass is 32.2. The maximum atomic E-state index is 13.1. The molecule has 138 valence electrons. The number of rotatable bonds is 4. The third-order valence-corrected chi connectivity index (χ3v) is 7.74. The predicted molar refractivity (Wildman–Crippen MR) is 98.9 cm³/mol. The SMILES string of the molecule is CC1(C)CN(S(=O)(=O)c2ccccc2)C[C@@H]2CN(CC3CC3)CCN21. The van der Waals surface area contributed by atoms with Crippen molar-refractivity contribution in [3.63, 3.8) is 0 Å². The zero-order chi connectivity index (χ0) is 17.7. The van der Waals surface area contributed by atoms with Gasteiger partial charge in [-0.05, 0) is 44.7 Å². The Morgan fingerprint density at radius 3 is 2.48 bits per heavy atom. The molecule has 2 aliphatic heterocycles. The van der Waals surface area contributed by atoms with Crippen LogP contribution in [0.2, 0.25) is 0 Å². The Balaban J connectivity index is 1.55. The van der Waals surface area contributed by atoms with Gasteiger partial charge in [0.05, 0.1) is 4.90 Å². The van der Waals surface area contributed by atoms with Crippen LogP contribution in [0.25, 0.3) is 0 Å². The lowest BCUT2D eigenvalue weighted by Gasteiger charge is -2.55. The summed E-state index contributed by atoms with van der Waals surface area (Å²) < 4.78 is 27.9. The summed E-state index contributed by atoms with van der Waals surface area (Å²) in [6, 6.07) is 9.15. The molecule has 0 radical (unpaired) electrons. The van der Waals surface area contributed by atoms with Gasteiger partial charge in [0.25, 0.3) is 0 Å². The highest BCUT2D eigenvalue weighted by Gasteiger charge is 2.46. The van der Waals surface area contributed by atoms with E-state index in [1.807, 2.05) is 6.07 Å². The van der Waals surface area contributed by atoms with E-state index in [0.29, 0.717) is 18.0 Å². The van der Waals surface area contributed by atoms with Crippen LogP contribution in [0.3, 0.4) is 0 Å². The van der Waals surface area contributed by atoms with Crippen LogP contribution >= 0.6 is 0 Å². The summed E-state index contributed by atoms with van der Waals surface area (Å²) in [5.74, 6) is 0.882. The van der Waals surface area contributed by atoms with Gasteiger partial charge in [-0.25, -0.2) is 8.42 Å². The molecule has 5 nitrogen and oxygen atoms in total. The van der Waals surface area contributed by atoms with E-state index in [2.05, 4.69) is 23.6 Å². The number of sulfonamides is 1. The molecule has 1 aliphatic carbocycles. The van der Waals surface area contributed by atoms with Crippen LogP contribution < -0.4 is 0 Å². The Morgan fingerprint density at radius 1 is 1.08 bits per heavy atom. The highest BCUT2D eigenvalue weighted by Crippen LogP contribution is 2.34. The van der Waals surface area contributed by atoms with E-state index in [9.17, 15) is 8.42 Å². The minimum atomic E-state index is -3.42. The summed E-state index contributed by atoms with van der Waals surface area (Å²) in [5, 5.41) is 0. The molecule has 6 heteroatoms. The molecule has 0 amide bonds. The second-order valence-corrected chi connectivity index (χ2v) is 10.4. The second-order valence-electron chi connectivity index (χ2n) is 8.47. The van der Waals surface area contributed by atoms with Gasteiger partial charge in [-0.3, -0.25) is 4.90 Å². The second kappa shape index (κ2) is 6.34. The van der Waals surface area contributed by atoms with Gasteiger partial charge >= 0.3 is 0 Å². The van der Waals surface area contributed by atoms with Crippen LogP contribution in [0, 0.1) is 5.92 Å². The largest absolute Gasteiger partial charge is 0.300 e. The van der Waals surface area contributed by atoms with Crippen LogP contribution in [-0.4, -0.2) is 73.4 Å². The van der Waals surface area contributed by atoms with Crippen molar-refractivity contribution in [3.05, 3.63) is 30.3 Å². The van der Waals surface area contributed by atoms with E-state index in [-0.39, 0.29) is 11.6 Å². The van der Waals surface area contributed by atoms with E-state index in [4.69, 9.17) is 0 Å². The molecule has 3 fully saturated rings. The number of hydrogen-bond acceptors (Lipinski definition) is 4. The van der Waals surface area contributed by atoms with E-state index in [1.165, 1.54) is 19.4 Å². The Hall–Kier alpha value is -0.950. The molecule has 2 heterocycles. The van der Waals surface area contributed by atoms with Crippen molar-refractivity contribution in [1.82, 2.24) is 14.1 Å². The minimum absolute atomic E-state index is 0.129. The molecule has 0 aromatic heterocycles. The fourth-order valence-electron chi connectivity index (χ4n) is 4.45.